The van der Waals surface area contributed by atoms with Crippen LogP contribution in [0.5, 0.6) is 5.88 Å². The van der Waals surface area contributed by atoms with E-state index in [-0.39, 0.29) is 0 Å². The topological polar surface area (TPSA) is 60.2 Å². The molecule has 1 aromatic heterocycles. The van der Waals surface area contributed by atoms with Crippen molar-refractivity contribution in [3.05, 3.63) is 23.8 Å². The molecule has 0 atom stereocenters. The minimum atomic E-state index is 0.490. The van der Waals surface area contributed by atoms with Crippen molar-refractivity contribution in [1.82, 2.24) is 4.98 Å². The third-order valence-corrected chi connectivity index (χ3v) is 1.96. The Labute approximate surface area is 96.5 Å². The van der Waals surface area contributed by atoms with Crippen LogP contribution in [-0.4, -0.2) is 18.1 Å². The highest BCUT2D eigenvalue weighted by Gasteiger charge is 2.02. The van der Waals surface area contributed by atoms with Gasteiger partial charge >= 0.3 is 0 Å². The second-order valence-corrected chi connectivity index (χ2v) is 3.69. The number of aromatic nitrogens is 1. The quantitative estimate of drug-likeness (QED) is 0.750. The lowest BCUT2D eigenvalue weighted by molar-refractivity contribution is 0.329. The number of allylic oxidation sites excluding steroid dienone is 1. The zero-order chi connectivity index (χ0) is 12.0. The van der Waals surface area contributed by atoms with E-state index >= 15 is 0 Å². The molecular formula is C12H19N3O. The van der Waals surface area contributed by atoms with E-state index in [9.17, 15) is 0 Å². The Bertz CT molecular complexity index is 371. The van der Waals surface area contributed by atoms with Crippen LogP contribution < -0.4 is 15.8 Å². The summed E-state index contributed by atoms with van der Waals surface area (Å²) in [5.74, 6) is 1.26. The molecule has 0 spiro atoms. The number of pyridine rings is 1. The summed E-state index contributed by atoms with van der Waals surface area (Å²) in [5.41, 5.74) is 7.56. The fourth-order valence-electron chi connectivity index (χ4n) is 1.16. The first-order chi connectivity index (χ1) is 7.63. The summed E-state index contributed by atoms with van der Waals surface area (Å²) >= 11 is 0. The fourth-order valence-corrected chi connectivity index (χ4v) is 1.16. The van der Waals surface area contributed by atoms with Crippen LogP contribution in [0.2, 0.25) is 0 Å². The predicted octanol–water partition coefficient (Wildman–Crippen LogP) is 2.44. The van der Waals surface area contributed by atoms with Crippen molar-refractivity contribution in [2.45, 2.75) is 20.8 Å². The summed E-state index contributed by atoms with van der Waals surface area (Å²) < 4.78 is 5.31. The molecule has 3 N–H and O–H groups in total. The van der Waals surface area contributed by atoms with Crippen molar-refractivity contribution in [3.8, 4) is 5.88 Å². The third-order valence-electron chi connectivity index (χ3n) is 1.96. The number of nitrogen functional groups attached to an aromatic ring is 1. The van der Waals surface area contributed by atoms with Crippen LogP contribution in [0.25, 0.3) is 0 Å². The smallest absolute Gasteiger partial charge is 0.239 e. The lowest BCUT2D eigenvalue weighted by Crippen LogP contribution is -2.05. The molecule has 16 heavy (non-hydrogen) atoms. The van der Waals surface area contributed by atoms with E-state index in [0.29, 0.717) is 18.2 Å². The summed E-state index contributed by atoms with van der Waals surface area (Å²) in [6.45, 7) is 7.34. The molecule has 1 rings (SSSR count). The van der Waals surface area contributed by atoms with Gasteiger partial charge in [0.25, 0.3) is 0 Å². The second-order valence-electron chi connectivity index (χ2n) is 3.69. The van der Waals surface area contributed by atoms with Gasteiger partial charge in [-0.3, -0.25) is 0 Å². The van der Waals surface area contributed by atoms with Crippen LogP contribution >= 0.6 is 0 Å². The van der Waals surface area contributed by atoms with Crippen molar-refractivity contribution < 1.29 is 4.74 Å². The number of hydrogen-bond donors (Lipinski definition) is 2. The van der Waals surface area contributed by atoms with E-state index in [1.54, 1.807) is 6.07 Å². The normalized spacial score (nSPS) is 9.69. The molecule has 0 aliphatic carbocycles. The van der Waals surface area contributed by atoms with E-state index in [1.165, 1.54) is 5.57 Å². The molecule has 0 amide bonds. The first-order valence-corrected chi connectivity index (χ1v) is 5.40. The lowest BCUT2D eigenvalue weighted by Gasteiger charge is -2.08. The van der Waals surface area contributed by atoms with Gasteiger partial charge < -0.3 is 15.8 Å². The Morgan fingerprint density at radius 1 is 1.50 bits per heavy atom. The molecule has 1 aromatic rings. The molecule has 0 radical (unpaired) electrons. The summed E-state index contributed by atoms with van der Waals surface area (Å²) in [7, 11) is 0. The van der Waals surface area contributed by atoms with Gasteiger partial charge in [0.2, 0.25) is 5.88 Å². The average molecular weight is 221 g/mol. The van der Waals surface area contributed by atoms with Crippen LogP contribution in [0, 0.1) is 0 Å². The Balaban J connectivity index is 2.67. The van der Waals surface area contributed by atoms with E-state index in [1.807, 2.05) is 13.0 Å². The van der Waals surface area contributed by atoms with Crippen LogP contribution in [0.4, 0.5) is 11.5 Å². The fraction of sp³-hybridized carbons (Fsp3) is 0.417. The molecule has 0 aromatic carbocycles. The van der Waals surface area contributed by atoms with E-state index < -0.39 is 0 Å². The highest BCUT2D eigenvalue weighted by atomic mass is 16.5. The van der Waals surface area contributed by atoms with Gasteiger partial charge in [0.1, 0.15) is 5.82 Å². The van der Waals surface area contributed by atoms with Crippen molar-refractivity contribution in [2.24, 2.45) is 0 Å². The molecule has 4 nitrogen and oxygen atoms in total. The first kappa shape index (κ1) is 12.4. The van der Waals surface area contributed by atoms with E-state index in [2.05, 4.69) is 30.2 Å². The van der Waals surface area contributed by atoms with Gasteiger partial charge in [0, 0.05) is 6.54 Å². The minimum absolute atomic E-state index is 0.490. The summed E-state index contributed by atoms with van der Waals surface area (Å²) in [6, 6.07) is 3.64. The Kier molecular flexibility index (Phi) is 4.64. The highest BCUT2D eigenvalue weighted by Crippen LogP contribution is 2.20. The highest BCUT2D eigenvalue weighted by molar-refractivity contribution is 5.53. The van der Waals surface area contributed by atoms with Gasteiger partial charge in [-0.15, -0.1) is 0 Å². The molecule has 1 heterocycles. The maximum absolute atomic E-state index is 5.73. The van der Waals surface area contributed by atoms with E-state index in [0.717, 1.165) is 12.4 Å². The zero-order valence-electron chi connectivity index (χ0n) is 10.1. The molecular weight excluding hydrogens is 202 g/mol. The van der Waals surface area contributed by atoms with Crippen LogP contribution in [0.3, 0.4) is 0 Å². The third kappa shape index (κ3) is 3.81. The van der Waals surface area contributed by atoms with Crippen LogP contribution in [-0.2, 0) is 0 Å². The van der Waals surface area contributed by atoms with Crippen LogP contribution in [0.15, 0.2) is 23.8 Å². The Morgan fingerprint density at radius 2 is 2.25 bits per heavy atom. The number of nitrogens with one attached hydrogen (secondary N) is 1. The Morgan fingerprint density at radius 3 is 2.88 bits per heavy atom. The SMILES string of the molecule is CCOc1nc(NCC=C(C)C)ccc1N. The summed E-state index contributed by atoms with van der Waals surface area (Å²) in [5, 5.41) is 3.18. The number of rotatable bonds is 5. The minimum Gasteiger partial charge on any atom is -0.476 e. The van der Waals surface area contributed by atoms with Crippen LogP contribution in [0.1, 0.15) is 20.8 Å². The zero-order valence-corrected chi connectivity index (χ0v) is 10.1. The molecule has 0 aliphatic rings. The predicted molar refractivity (Wildman–Crippen MR) is 67.7 cm³/mol. The standard InChI is InChI=1S/C12H19N3O/c1-4-16-12-10(13)5-6-11(15-12)14-8-7-9(2)3/h5-7H,4,8,13H2,1-3H3,(H,14,15). The second kappa shape index (κ2) is 6.00. The molecule has 0 saturated carbocycles. The van der Waals surface area contributed by atoms with Gasteiger partial charge in [-0.2, -0.15) is 4.98 Å². The van der Waals surface area contributed by atoms with E-state index in [4.69, 9.17) is 10.5 Å². The average Bonchev–Trinajstić information content (AvgIpc) is 2.22. The van der Waals surface area contributed by atoms with Gasteiger partial charge in [-0.05, 0) is 32.9 Å². The number of nitrogens with zero attached hydrogens (tertiary/aromatic N) is 1. The monoisotopic (exact) mass is 221 g/mol. The van der Waals surface area contributed by atoms with Gasteiger partial charge in [-0.1, -0.05) is 11.6 Å². The maximum Gasteiger partial charge on any atom is 0.239 e. The molecule has 0 aliphatic heterocycles. The number of hydrogen-bond acceptors (Lipinski definition) is 4. The van der Waals surface area contributed by atoms with Crippen molar-refractivity contribution in [1.29, 1.82) is 0 Å². The summed E-state index contributed by atoms with van der Waals surface area (Å²) in [6.07, 6.45) is 2.10. The van der Waals surface area contributed by atoms with Crippen molar-refractivity contribution in [2.75, 3.05) is 24.2 Å². The molecule has 4 heteroatoms. The number of ether oxygens (including phenoxy) is 1. The largest absolute Gasteiger partial charge is 0.476 e. The summed E-state index contributed by atoms with van der Waals surface area (Å²) in [4.78, 5) is 4.27. The van der Waals surface area contributed by atoms with Gasteiger partial charge in [0.05, 0.1) is 12.3 Å². The van der Waals surface area contributed by atoms with Gasteiger partial charge in [-0.25, -0.2) is 0 Å². The molecule has 0 bridgehead atoms. The molecule has 0 saturated heterocycles. The van der Waals surface area contributed by atoms with Crippen molar-refractivity contribution >= 4 is 11.5 Å². The van der Waals surface area contributed by atoms with Gasteiger partial charge in [0.15, 0.2) is 0 Å². The molecule has 88 valence electrons. The number of anilines is 2. The lowest BCUT2D eigenvalue weighted by atomic mass is 10.3. The molecule has 0 unspecified atom stereocenters. The Hall–Kier alpha value is -1.71. The number of nitrogens with two attached hydrogens (primary N) is 1. The molecule has 0 fully saturated rings. The van der Waals surface area contributed by atoms with Crippen molar-refractivity contribution in [3.63, 3.8) is 0 Å². The maximum atomic E-state index is 5.73. The first-order valence-electron chi connectivity index (χ1n) is 5.40.